The number of rotatable bonds is 2. The van der Waals surface area contributed by atoms with Gasteiger partial charge in [0.05, 0.1) is 0 Å². The number of pyridine rings is 1. The van der Waals surface area contributed by atoms with Crippen molar-refractivity contribution in [1.82, 2.24) is 9.47 Å². The predicted molar refractivity (Wildman–Crippen MR) is 82.9 cm³/mol. The quantitative estimate of drug-likeness (QED) is 0.909. The maximum Gasteiger partial charge on any atom is 0.260 e. The summed E-state index contributed by atoms with van der Waals surface area (Å²) >= 11 is 0. The lowest BCUT2D eigenvalue weighted by Crippen LogP contribution is -2.41. The maximum absolute atomic E-state index is 12.6. The number of hydrogen-bond donors (Lipinski definition) is 1. The molecule has 1 aliphatic rings. The number of likely N-dealkylation sites (N-methyl/N-ethyl adjacent to an activating group) is 1. The Morgan fingerprint density at radius 1 is 1.30 bits per heavy atom. The topological polar surface area (TPSA) is 51.3 Å². The molecule has 0 aliphatic carbocycles. The zero-order chi connectivity index (χ0) is 14.1. The number of piperidine rings is 1. The van der Waals surface area contributed by atoms with Gasteiger partial charge in [0.25, 0.3) is 5.56 Å². The highest BCUT2D eigenvalue weighted by Crippen LogP contribution is 2.19. The molecule has 1 saturated heterocycles. The van der Waals surface area contributed by atoms with Gasteiger partial charge in [-0.3, -0.25) is 9.36 Å². The van der Waals surface area contributed by atoms with Crippen molar-refractivity contribution < 1.29 is 0 Å². The minimum atomic E-state index is 0.0274. The highest BCUT2D eigenvalue weighted by molar-refractivity contribution is 5.83. The van der Waals surface area contributed by atoms with Crippen molar-refractivity contribution in [2.24, 2.45) is 0 Å². The molecule has 0 bridgehead atoms. The van der Waals surface area contributed by atoms with Crippen LogP contribution in [0.15, 0.2) is 35.1 Å². The molecule has 0 radical (unpaired) electrons. The zero-order valence-corrected chi connectivity index (χ0v) is 11.9. The average Bonchev–Trinajstić information content (AvgIpc) is 2.45. The molecule has 2 N–H and O–H groups in total. The van der Waals surface area contributed by atoms with E-state index in [1.165, 1.54) is 12.8 Å². The first-order valence-electron chi connectivity index (χ1n) is 7.25. The number of likely N-dealkylation sites (tertiary alicyclic amines) is 1. The van der Waals surface area contributed by atoms with E-state index in [0.717, 1.165) is 23.7 Å². The Morgan fingerprint density at radius 3 is 2.90 bits per heavy atom. The zero-order valence-electron chi connectivity index (χ0n) is 11.9. The van der Waals surface area contributed by atoms with Crippen LogP contribution >= 0.6 is 0 Å². The molecule has 106 valence electrons. The molecule has 1 atom stereocenters. The molecule has 0 spiro atoms. The monoisotopic (exact) mass is 271 g/mol. The number of anilines is 1. The van der Waals surface area contributed by atoms with E-state index in [4.69, 9.17) is 5.73 Å². The first kappa shape index (κ1) is 13.2. The van der Waals surface area contributed by atoms with Crippen molar-refractivity contribution in [1.29, 1.82) is 0 Å². The fraction of sp³-hybridized carbons (Fsp3) is 0.438. The minimum absolute atomic E-state index is 0.0274. The second-order valence-electron chi connectivity index (χ2n) is 5.70. The number of nitrogens with two attached hydrogens (primary N) is 1. The molecule has 4 nitrogen and oxygen atoms in total. The number of aromatic nitrogens is 1. The van der Waals surface area contributed by atoms with E-state index in [9.17, 15) is 4.79 Å². The minimum Gasteiger partial charge on any atom is -0.385 e. The molecule has 1 aromatic carbocycles. The van der Waals surface area contributed by atoms with E-state index in [1.807, 2.05) is 30.3 Å². The van der Waals surface area contributed by atoms with Crippen LogP contribution in [-0.4, -0.2) is 29.1 Å². The normalized spacial score (nSPS) is 20.4. The first-order valence-corrected chi connectivity index (χ1v) is 7.25. The molecule has 20 heavy (non-hydrogen) atoms. The number of benzene rings is 1. The smallest absolute Gasteiger partial charge is 0.260 e. The lowest BCUT2D eigenvalue weighted by atomic mass is 10.0. The van der Waals surface area contributed by atoms with Crippen LogP contribution < -0.4 is 11.3 Å². The molecule has 4 heteroatoms. The van der Waals surface area contributed by atoms with Gasteiger partial charge in [0.1, 0.15) is 5.82 Å². The Kier molecular flexibility index (Phi) is 3.49. The second kappa shape index (κ2) is 5.29. The van der Waals surface area contributed by atoms with Crippen LogP contribution in [0.3, 0.4) is 0 Å². The molecule has 1 fully saturated rings. The van der Waals surface area contributed by atoms with Crippen molar-refractivity contribution in [2.45, 2.75) is 31.8 Å². The van der Waals surface area contributed by atoms with Crippen molar-refractivity contribution in [3.63, 3.8) is 0 Å². The summed E-state index contributed by atoms with van der Waals surface area (Å²) in [5.74, 6) is 0.563. The summed E-state index contributed by atoms with van der Waals surface area (Å²) in [4.78, 5) is 14.9. The van der Waals surface area contributed by atoms with Gasteiger partial charge in [-0.2, -0.15) is 0 Å². The van der Waals surface area contributed by atoms with Gasteiger partial charge in [0.15, 0.2) is 0 Å². The lowest BCUT2D eigenvalue weighted by Gasteiger charge is -2.33. The molecule has 0 amide bonds. The molecule has 0 saturated carbocycles. The fourth-order valence-electron chi connectivity index (χ4n) is 3.09. The summed E-state index contributed by atoms with van der Waals surface area (Å²) in [6.07, 6.45) is 3.61. The fourth-order valence-corrected chi connectivity index (χ4v) is 3.09. The van der Waals surface area contributed by atoms with E-state index in [2.05, 4.69) is 11.9 Å². The molecule has 2 aromatic rings. The Balaban J connectivity index is 2.00. The van der Waals surface area contributed by atoms with E-state index < -0.39 is 0 Å². The number of nitrogen functional groups attached to an aromatic ring is 1. The molecular weight excluding hydrogens is 250 g/mol. The Labute approximate surface area is 118 Å². The summed E-state index contributed by atoms with van der Waals surface area (Å²) in [5, 5.41) is 1.67. The van der Waals surface area contributed by atoms with Crippen LogP contribution in [0.5, 0.6) is 0 Å². The lowest BCUT2D eigenvalue weighted by molar-refractivity contribution is 0.167. The van der Waals surface area contributed by atoms with Crippen LogP contribution in [0.2, 0.25) is 0 Å². The summed E-state index contributed by atoms with van der Waals surface area (Å²) in [6, 6.07) is 9.95. The van der Waals surface area contributed by atoms with Crippen molar-refractivity contribution >= 4 is 16.6 Å². The highest BCUT2D eigenvalue weighted by atomic mass is 16.1. The summed E-state index contributed by atoms with van der Waals surface area (Å²) < 4.78 is 1.73. The number of nitrogens with zero attached hydrogens (tertiary/aromatic N) is 2. The third-order valence-corrected chi connectivity index (χ3v) is 4.37. The molecule has 1 aromatic heterocycles. The van der Waals surface area contributed by atoms with Gasteiger partial charge in [-0.15, -0.1) is 0 Å². The van der Waals surface area contributed by atoms with Gasteiger partial charge in [-0.1, -0.05) is 24.6 Å². The van der Waals surface area contributed by atoms with Crippen molar-refractivity contribution in [3.05, 3.63) is 40.7 Å². The highest BCUT2D eigenvalue weighted by Gasteiger charge is 2.20. The molecule has 1 aliphatic heterocycles. The third kappa shape index (κ3) is 2.31. The van der Waals surface area contributed by atoms with Gasteiger partial charge < -0.3 is 10.6 Å². The summed E-state index contributed by atoms with van der Waals surface area (Å²) in [7, 11) is 2.13. The van der Waals surface area contributed by atoms with Gasteiger partial charge in [-0.25, -0.2) is 0 Å². The van der Waals surface area contributed by atoms with E-state index in [-0.39, 0.29) is 5.56 Å². The predicted octanol–water partition coefficient (Wildman–Crippen LogP) is 2.07. The number of hydrogen-bond acceptors (Lipinski definition) is 3. The summed E-state index contributed by atoms with van der Waals surface area (Å²) in [6.45, 7) is 1.79. The van der Waals surface area contributed by atoms with Gasteiger partial charge in [0, 0.05) is 18.0 Å². The molecule has 3 rings (SSSR count). The molecular formula is C16H21N3O. The third-order valence-electron chi connectivity index (χ3n) is 4.37. The van der Waals surface area contributed by atoms with Crippen LogP contribution in [0, 0.1) is 0 Å². The van der Waals surface area contributed by atoms with Crippen LogP contribution in [0.25, 0.3) is 10.8 Å². The van der Waals surface area contributed by atoms with E-state index >= 15 is 0 Å². The summed E-state index contributed by atoms with van der Waals surface area (Å²) in [5.41, 5.74) is 6.12. The standard InChI is InChI=1S/C16H21N3O/c1-18-9-5-4-7-13(18)11-19-15(17)10-12-6-2-3-8-14(12)16(19)20/h2-3,6,8,10,13H,4-5,7,9,11,17H2,1H3. The van der Waals surface area contributed by atoms with E-state index in [0.29, 0.717) is 18.4 Å². The number of fused-ring (bicyclic) bond motifs is 1. The first-order chi connectivity index (χ1) is 9.66. The Bertz CT molecular complexity index is 677. The van der Waals surface area contributed by atoms with Crippen molar-refractivity contribution in [3.8, 4) is 0 Å². The molecule has 2 heterocycles. The van der Waals surface area contributed by atoms with Crippen LogP contribution in [0.1, 0.15) is 19.3 Å². The average molecular weight is 271 g/mol. The van der Waals surface area contributed by atoms with Gasteiger partial charge >= 0.3 is 0 Å². The second-order valence-corrected chi connectivity index (χ2v) is 5.70. The SMILES string of the molecule is CN1CCCCC1Cn1c(N)cc2ccccc2c1=O. The van der Waals surface area contributed by atoms with Crippen LogP contribution in [0.4, 0.5) is 5.82 Å². The Morgan fingerprint density at radius 2 is 2.10 bits per heavy atom. The van der Waals surface area contributed by atoms with E-state index in [1.54, 1.807) is 4.57 Å². The van der Waals surface area contributed by atoms with Crippen molar-refractivity contribution in [2.75, 3.05) is 19.3 Å². The Hall–Kier alpha value is -1.81. The molecule has 1 unspecified atom stereocenters. The van der Waals surface area contributed by atoms with Gasteiger partial charge in [-0.05, 0) is 44.0 Å². The van der Waals surface area contributed by atoms with Gasteiger partial charge in [0.2, 0.25) is 0 Å². The van der Waals surface area contributed by atoms with Crippen LogP contribution in [-0.2, 0) is 6.54 Å². The largest absolute Gasteiger partial charge is 0.385 e. The maximum atomic E-state index is 12.6.